The fourth-order valence-electron chi connectivity index (χ4n) is 6.31. The van der Waals surface area contributed by atoms with Gasteiger partial charge in [-0.1, -0.05) is 37.3 Å². The maximum Gasteiger partial charge on any atom is 0.123 e. The number of fused-ring (bicyclic) bond motifs is 2. The number of H-pyrrole nitrogens is 2. The lowest BCUT2D eigenvalue weighted by atomic mass is 10.0. The molecule has 8 rings (SSSR count). The second-order valence-corrected chi connectivity index (χ2v) is 11.7. The van der Waals surface area contributed by atoms with Gasteiger partial charge in [-0.05, 0) is 66.8 Å². The lowest BCUT2D eigenvalue weighted by Gasteiger charge is -2.09. The Bertz CT molecular complexity index is 1650. The Hall–Kier alpha value is -3.88. The highest BCUT2D eigenvalue weighted by atomic mass is 15.1. The highest BCUT2D eigenvalue weighted by Gasteiger charge is 2.46. The number of aromatic amines is 2. The van der Waals surface area contributed by atoms with Crippen molar-refractivity contribution in [1.29, 1.82) is 0 Å². The summed E-state index contributed by atoms with van der Waals surface area (Å²) < 4.78 is 0. The van der Waals surface area contributed by atoms with Crippen molar-refractivity contribution in [3.8, 4) is 33.8 Å². The SMILES string of the molecule is C[C@@H]1C[C@@H](c2ncc(-c3ccc(-c4ccc5nc(-c6cnc([C@@H]7CC8C[C@H]8N7)[nH]6)cnc5c4)cc3)[nH]2)N[C@@H]1C. The zero-order valence-electron chi connectivity index (χ0n) is 22.1. The fourth-order valence-corrected chi connectivity index (χ4v) is 6.31. The molecule has 4 N–H and O–H groups in total. The monoisotopic (exact) mass is 516 g/mol. The fraction of sp³-hybridized carbons (Fsp3) is 0.355. The van der Waals surface area contributed by atoms with Crippen LogP contribution >= 0.6 is 0 Å². The quantitative estimate of drug-likeness (QED) is 0.244. The van der Waals surface area contributed by atoms with E-state index < -0.39 is 0 Å². The number of rotatable bonds is 5. The Labute approximate surface area is 227 Å². The molecular formula is C31H32N8. The van der Waals surface area contributed by atoms with Gasteiger partial charge >= 0.3 is 0 Å². The molecule has 2 aliphatic heterocycles. The number of hydrogen-bond donors (Lipinski definition) is 4. The molecule has 39 heavy (non-hydrogen) atoms. The minimum absolute atomic E-state index is 0.298. The van der Waals surface area contributed by atoms with Crippen LogP contribution < -0.4 is 10.6 Å². The Morgan fingerprint density at radius 3 is 2.13 bits per heavy atom. The summed E-state index contributed by atoms with van der Waals surface area (Å²) in [6, 6.07) is 16.7. The number of hydrogen-bond acceptors (Lipinski definition) is 6. The average Bonchev–Trinajstić information content (AvgIpc) is 3.48. The van der Waals surface area contributed by atoms with E-state index in [1.807, 2.05) is 18.6 Å². The number of nitrogens with zero attached hydrogens (tertiary/aromatic N) is 4. The van der Waals surface area contributed by atoms with Crippen LogP contribution in [0.5, 0.6) is 0 Å². The van der Waals surface area contributed by atoms with E-state index in [-0.39, 0.29) is 0 Å². The molecular weight excluding hydrogens is 484 g/mol. The predicted molar refractivity (Wildman–Crippen MR) is 152 cm³/mol. The Balaban J connectivity index is 0.997. The second kappa shape index (κ2) is 8.83. The number of imidazole rings is 2. The van der Waals surface area contributed by atoms with Crippen LogP contribution in [0, 0.1) is 11.8 Å². The Morgan fingerprint density at radius 2 is 1.38 bits per heavy atom. The molecule has 196 valence electrons. The maximum atomic E-state index is 4.87. The van der Waals surface area contributed by atoms with Crippen molar-refractivity contribution in [2.24, 2.45) is 11.8 Å². The molecule has 8 heteroatoms. The summed E-state index contributed by atoms with van der Waals surface area (Å²) in [6.07, 6.45) is 9.25. The number of aromatic nitrogens is 6. The van der Waals surface area contributed by atoms with E-state index in [1.54, 1.807) is 0 Å². The van der Waals surface area contributed by atoms with Gasteiger partial charge in [-0.15, -0.1) is 0 Å². The molecule has 2 aromatic carbocycles. The van der Waals surface area contributed by atoms with E-state index in [1.165, 1.54) is 12.8 Å². The lowest BCUT2D eigenvalue weighted by Crippen LogP contribution is -2.24. The maximum absolute atomic E-state index is 4.87. The van der Waals surface area contributed by atoms with Gasteiger partial charge in [-0.2, -0.15) is 0 Å². The summed E-state index contributed by atoms with van der Waals surface area (Å²) in [7, 11) is 0. The third-order valence-corrected chi connectivity index (χ3v) is 9.00. The summed E-state index contributed by atoms with van der Waals surface area (Å²) in [5, 5.41) is 7.30. The Morgan fingerprint density at radius 1 is 0.667 bits per heavy atom. The van der Waals surface area contributed by atoms with Gasteiger partial charge < -0.3 is 20.6 Å². The van der Waals surface area contributed by atoms with Gasteiger partial charge in [0.1, 0.15) is 17.3 Å². The zero-order chi connectivity index (χ0) is 26.1. The first-order valence-electron chi connectivity index (χ1n) is 14.1. The first-order valence-corrected chi connectivity index (χ1v) is 14.1. The van der Waals surface area contributed by atoms with Gasteiger partial charge in [0.05, 0.1) is 53.1 Å². The van der Waals surface area contributed by atoms with Crippen LogP contribution in [0.15, 0.2) is 61.1 Å². The molecule has 5 aromatic rings. The number of piperidine rings is 1. The molecule has 1 unspecified atom stereocenters. The van der Waals surface area contributed by atoms with E-state index in [2.05, 4.69) is 86.9 Å². The van der Waals surface area contributed by atoms with Crippen molar-refractivity contribution >= 4 is 11.0 Å². The van der Waals surface area contributed by atoms with Crippen LogP contribution in [0.4, 0.5) is 0 Å². The zero-order valence-corrected chi connectivity index (χ0v) is 22.1. The van der Waals surface area contributed by atoms with Crippen LogP contribution in [0.25, 0.3) is 44.8 Å². The molecule has 0 amide bonds. The van der Waals surface area contributed by atoms with Crippen molar-refractivity contribution in [3.63, 3.8) is 0 Å². The van der Waals surface area contributed by atoms with E-state index in [0.29, 0.717) is 30.1 Å². The largest absolute Gasteiger partial charge is 0.341 e. The molecule has 6 atom stereocenters. The van der Waals surface area contributed by atoms with Crippen LogP contribution in [-0.4, -0.2) is 42.0 Å². The van der Waals surface area contributed by atoms with E-state index >= 15 is 0 Å². The highest BCUT2D eigenvalue weighted by Crippen LogP contribution is 2.45. The molecule has 3 fully saturated rings. The summed E-state index contributed by atoms with van der Waals surface area (Å²) in [5.74, 6) is 3.52. The molecule has 2 saturated heterocycles. The first kappa shape index (κ1) is 23.0. The van der Waals surface area contributed by atoms with E-state index in [9.17, 15) is 0 Å². The van der Waals surface area contributed by atoms with Crippen molar-refractivity contribution < 1.29 is 0 Å². The van der Waals surface area contributed by atoms with Gasteiger partial charge in [-0.3, -0.25) is 4.98 Å². The number of benzene rings is 2. The van der Waals surface area contributed by atoms with Crippen molar-refractivity contribution in [2.45, 2.75) is 57.3 Å². The van der Waals surface area contributed by atoms with Gasteiger partial charge in [0, 0.05) is 12.1 Å². The van der Waals surface area contributed by atoms with Gasteiger partial charge in [-0.25, -0.2) is 15.0 Å². The normalized spacial score (nSPS) is 27.7. The molecule has 1 aliphatic carbocycles. The second-order valence-electron chi connectivity index (χ2n) is 11.7. The summed E-state index contributed by atoms with van der Waals surface area (Å²) in [6.45, 7) is 4.54. The molecule has 0 spiro atoms. The van der Waals surface area contributed by atoms with Crippen LogP contribution in [0.1, 0.15) is 56.8 Å². The van der Waals surface area contributed by atoms with Gasteiger partial charge in [0.25, 0.3) is 0 Å². The van der Waals surface area contributed by atoms with Crippen molar-refractivity contribution in [2.75, 3.05) is 0 Å². The summed E-state index contributed by atoms with van der Waals surface area (Å²) >= 11 is 0. The number of nitrogens with one attached hydrogen (secondary N) is 4. The van der Waals surface area contributed by atoms with Crippen LogP contribution in [0.2, 0.25) is 0 Å². The third-order valence-electron chi connectivity index (χ3n) is 9.00. The molecule has 5 heterocycles. The molecule has 0 radical (unpaired) electrons. The van der Waals surface area contributed by atoms with Crippen molar-refractivity contribution in [1.82, 2.24) is 40.5 Å². The molecule has 3 aromatic heterocycles. The predicted octanol–water partition coefficient (Wildman–Crippen LogP) is 5.56. The Kier molecular flexibility index (Phi) is 5.22. The smallest absolute Gasteiger partial charge is 0.123 e. The summed E-state index contributed by atoms with van der Waals surface area (Å²) in [5.41, 5.74) is 7.92. The minimum Gasteiger partial charge on any atom is -0.341 e. The minimum atomic E-state index is 0.298. The molecule has 1 saturated carbocycles. The lowest BCUT2D eigenvalue weighted by molar-refractivity contribution is 0.516. The van der Waals surface area contributed by atoms with E-state index in [4.69, 9.17) is 9.97 Å². The summed E-state index contributed by atoms with van der Waals surface area (Å²) in [4.78, 5) is 25.9. The average molecular weight is 517 g/mol. The first-order chi connectivity index (χ1) is 19.1. The van der Waals surface area contributed by atoms with Gasteiger partial charge in [0.2, 0.25) is 0 Å². The van der Waals surface area contributed by atoms with Gasteiger partial charge in [0.15, 0.2) is 0 Å². The standard InChI is InChI=1S/C31H32N8/c1-16-9-25(35-17(16)2)30-33-13-27(38-30)19-5-3-18(4-6-19)20-7-8-22-24(10-20)32-14-28(36-22)29-15-34-31(39-29)26-12-21-11-23(21)37-26/h3-8,10,13-17,21,23,25-26,35,37H,9,11-12H2,1-2H3,(H,33,38)(H,34,39)/t16-,17-,21?,23-,25+,26+/m1/s1. The highest BCUT2D eigenvalue weighted by molar-refractivity contribution is 5.83. The van der Waals surface area contributed by atoms with Crippen molar-refractivity contribution in [3.05, 3.63) is 72.7 Å². The molecule has 3 aliphatic rings. The molecule has 8 nitrogen and oxygen atoms in total. The van der Waals surface area contributed by atoms with E-state index in [0.717, 1.165) is 68.8 Å². The topological polar surface area (TPSA) is 107 Å². The van der Waals surface area contributed by atoms with Crippen LogP contribution in [-0.2, 0) is 0 Å². The van der Waals surface area contributed by atoms with Crippen LogP contribution in [0.3, 0.4) is 0 Å². The molecule has 0 bridgehead atoms. The third kappa shape index (κ3) is 4.15.